The maximum Gasteiger partial charge on any atom is 0.260 e. The number of hydrogen-bond donors (Lipinski definition) is 2. The van der Waals surface area contributed by atoms with Crippen LogP contribution in [-0.4, -0.2) is 16.8 Å². The lowest BCUT2D eigenvalue weighted by atomic mass is 10.2. The Morgan fingerprint density at radius 1 is 1.23 bits per heavy atom. The summed E-state index contributed by atoms with van der Waals surface area (Å²) in [5.74, 6) is -1.50. The van der Waals surface area contributed by atoms with Gasteiger partial charge < -0.3 is 9.73 Å². The molecule has 134 valence electrons. The molecule has 0 atom stereocenters. The zero-order chi connectivity index (χ0) is 18.7. The molecular weight excluding hydrogens is 364 g/mol. The second-order valence-corrected chi connectivity index (χ2v) is 6.15. The number of thiazole rings is 1. The number of anilines is 1. The third kappa shape index (κ3) is 4.12. The molecule has 0 saturated heterocycles. The molecule has 2 amide bonds. The summed E-state index contributed by atoms with van der Waals surface area (Å²) in [5.41, 5.74) is 0.0661. The Morgan fingerprint density at radius 2 is 2.04 bits per heavy atom. The molecule has 0 saturated carbocycles. The van der Waals surface area contributed by atoms with Crippen molar-refractivity contribution >= 4 is 28.3 Å². The topological polar surface area (TPSA) is 84.2 Å². The number of aromatic nitrogens is 1. The van der Waals surface area contributed by atoms with E-state index in [1.165, 1.54) is 6.92 Å². The highest BCUT2D eigenvalue weighted by Crippen LogP contribution is 2.27. The first kappa shape index (κ1) is 17.7. The van der Waals surface area contributed by atoms with Crippen LogP contribution in [0.4, 0.5) is 13.9 Å². The van der Waals surface area contributed by atoms with E-state index >= 15 is 0 Å². The van der Waals surface area contributed by atoms with Gasteiger partial charge in [-0.25, -0.2) is 13.8 Å². The Morgan fingerprint density at radius 3 is 2.81 bits per heavy atom. The highest BCUT2D eigenvalue weighted by atomic mass is 32.1. The largest absolute Gasteiger partial charge is 0.458 e. The van der Waals surface area contributed by atoms with Crippen LogP contribution in [0.2, 0.25) is 0 Å². The summed E-state index contributed by atoms with van der Waals surface area (Å²) in [6, 6.07) is 6.02. The summed E-state index contributed by atoms with van der Waals surface area (Å²) in [6.45, 7) is 1.66. The molecule has 2 heterocycles. The Labute approximate surface area is 150 Å². The fourth-order valence-electron chi connectivity index (χ4n) is 2.10. The molecular formula is C17H13F2N3O3S. The van der Waals surface area contributed by atoms with Gasteiger partial charge in [-0.15, -0.1) is 11.3 Å². The number of halogens is 2. The van der Waals surface area contributed by atoms with Crippen molar-refractivity contribution in [3.8, 4) is 11.5 Å². The van der Waals surface area contributed by atoms with Gasteiger partial charge in [0.15, 0.2) is 10.9 Å². The first-order valence-electron chi connectivity index (χ1n) is 7.48. The SMILES string of the molecule is CC(=O)NCc1ccc(-c2csc(NC(=O)c3cc(F)ccc3F)n2)o1. The lowest BCUT2D eigenvalue weighted by Gasteiger charge is -2.03. The van der Waals surface area contributed by atoms with Crippen LogP contribution in [-0.2, 0) is 11.3 Å². The smallest absolute Gasteiger partial charge is 0.260 e. The van der Waals surface area contributed by atoms with Crippen molar-refractivity contribution in [3.63, 3.8) is 0 Å². The third-order valence-electron chi connectivity index (χ3n) is 3.32. The second-order valence-electron chi connectivity index (χ2n) is 5.29. The van der Waals surface area contributed by atoms with Crippen LogP contribution < -0.4 is 10.6 Å². The number of carbonyl (C=O) groups is 2. The summed E-state index contributed by atoms with van der Waals surface area (Å²) < 4.78 is 32.4. The predicted molar refractivity (Wildman–Crippen MR) is 91.6 cm³/mol. The maximum atomic E-state index is 13.6. The number of amides is 2. The van der Waals surface area contributed by atoms with Gasteiger partial charge in [0.05, 0.1) is 12.1 Å². The van der Waals surface area contributed by atoms with Gasteiger partial charge in [-0.2, -0.15) is 0 Å². The molecule has 0 aliphatic carbocycles. The van der Waals surface area contributed by atoms with E-state index in [9.17, 15) is 18.4 Å². The normalized spacial score (nSPS) is 10.6. The molecule has 3 rings (SSSR count). The van der Waals surface area contributed by atoms with Crippen molar-refractivity contribution in [1.82, 2.24) is 10.3 Å². The molecule has 0 aliphatic heterocycles. The second kappa shape index (κ2) is 7.44. The molecule has 3 aromatic rings. The molecule has 9 heteroatoms. The van der Waals surface area contributed by atoms with Crippen molar-refractivity contribution in [2.75, 3.05) is 5.32 Å². The van der Waals surface area contributed by atoms with Crippen LogP contribution in [0.25, 0.3) is 11.5 Å². The summed E-state index contributed by atoms with van der Waals surface area (Å²) in [6.07, 6.45) is 0. The fraction of sp³-hybridized carbons (Fsp3) is 0.118. The summed E-state index contributed by atoms with van der Waals surface area (Å²) >= 11 is 1.12. The van der Waals surface area contributed by atoms with E-state index in [2.05, 4.69) is 15.6 Å². The number of carbonyl (C=O) groups excluding carboxylic acids is 2. The maximum absolute atomic E-state index is 13.6. The molecule has 0 spiro atoms. The molecule has 2 N–H and O–H groups in total. The van der Waals surface area contributed by atoms with Gasteiger partial charge >= 0.3 is 0 Å². The van der Waals surface area contributed by atoms with Gasteiger partial charge in [0.2, 0.25) is 5.91 Å². The fourth-order valence-corrected chi connectivity index (χ4v) is 2.80. The number of hydrogen-bond acceptors (Lipinski definition) is 5. The minimum Gasteiger partial charge on any atom is -0.458 e. The Balaban J connectivity index is 1.71. The van der Waals surface area contributed by atoms with Crippen LogP contribution in [0.15, 0.2) is 40.1 Å². The van der Waals surface area contributed by atoms with Gasteiger partial charge in [0.1, 0.15) is 23.1 Å². The van der Waals surface area contributed by atoms with Crippen molar-refractivity contribution in [2.45, 2.75) is 13.5 Å². The van der Waals surface area contributed by atoms with Crippen LogP contribution >= 0.6 is 11.3 Å². The third-order valence-corrected chi connectivity index (χ3v) is 4.08. The van der Waals surface area contributed by atoms with E-state index in [0.29, 0.717) is 17.2 Å². The number of benzene rings is 1. The van der Waals surface area contributed by atoms with Crippen LogP contribution in [0.3, 0.4) is 0 Å². The molecule has 0 radical (unpaired) electrons. The average Bonchev–Trinajstić information content (AvgIpc) is 3.24. The zero-order valence-electron chi connectivity index (χ0n) is 13.5. The molecule has 6 nitrogen and oxygen atoms in total. The van der Waals surface area contributed by atoms with Crippen LogP contribution in [0.1, 0.15) is 23.0 Å². The summed E-state index contributed by atoms with van der Waals surface area (Å²) in [5, 5.41) is 6.91. The van der Waals surface area contributed by atoms with Crippen molar-refractivity contribution in [3.05, 3.63) is 58.7 Å². The summed E-state index contributed by atoms with van der Waals surface area (Å²) in [7, 11) is 0. The Bertz CT molecular complexity index is 968. The quantitative estimate of drug-likeness (QED) is 0.712. The molecule has 0 unspecified atom stereocenters. The molecule has 0 aliphatic rings. The first-order valence-corrected chi connectivity index (χ1v) is 8.36. The number of nitrogens with zero attached hydrogens (tertiary/aromatic N) is 1. The van der Waals surface area contributed by atoms with Crippen molar-refractivity contribution in [2.24, 2.45) is 0 Å². The highest BCUT2D eigenvalue weighted by molar-refractivity contribution is 7.14. The first-order chi connectivity index (χ1) is 12.4. The van der Waals surface area contributed by atoms with Crippen LogP contribution in [0.5, 0.6) is 0 Å². The van der Waals surface area contributed by atoms with Crippen molar-refractivity contribution in [1.29, 1.82) is 0 Å². The van der Waals surface area contributed by atoms with Gasteiger partial charge in [-0.1, -0.05) is 0 Å². The highest BCUT2D eigenvalue weighted by Gasteiger charge is 2.16. The molecule has 1 aromatic carbocycles. The van der Waals surface area contributed by atoms with E-state index in [1.807, 2.05) is 0 Å². The van der Waals surface area contributed by atoms with Gasteiger partial charge in [0.25, 0.3) is 5.91 Å². The van der Waals surface area contributed by atoms with E-state index in [-0.39, 0.29) is 17.6 Å². The van der Waals surface area contributed by atoms with E-state index in [4.69, 9.17) is 4.42 Å². The average molecular weight is 377 g/mol. The zero-order valence-corrected chi connectivity index (χ0v) is 14.3. The van der Waals surface area contributed by atoms with Crippen LogP contribution in [0, 0.1) is 11.6 Å². The lowest BCUT2D eigenvalue weighted by molar-refractivity contribution is -0.119. The molecule has 2 aromatic heterocycles. The van der Waals surface area contributed by atoms with E-state index < -0.39 is 23.1 Å². The Kier molecular flexibility index (Phi) is 5.08. The Hall–Kier alpha value is -3.07. The van der Waals surface area contributed by atoms with Crippen molar-refractivity contribution < 1.29 is 22.8 Å². The van der Waals surface area contributed by atoms with Gasteiger partial charge in [-0.3, -0.25) is 14.9 Å². The predicted octanol–water partition coefficient (Wildman–Crippen LogP) is 3.57. The molecule has 0 fully saturated rings. The van der Waals surface area contributed by atoms with Gasteiger partial charge in [-0.05, 0) is 30.3 Å². The minimum absolute atomic E-state index is 0.175. The minimum atomic E-state index is -0.825. The number of nitrogens with one attached hydrogen (secondary N) is 2. The van der Waals surface area contributed by atoms with E-state index in [1.54, 1.807) is 17.5 Å². The summed E-state index contributed by atoms with van der Waals surface area (Å²) in [4.78, 5) is 27.2. The standard InChI is InChI=1S/C17H13F2N3O3S/c1-9(23)20-7-11-3-5-15(25-11)14-8-26-17(21-14)22-16(24)12-6-10(18)2-4-13(12)19/h2-6,8H,7H2,1H3,(H,20,23)(H,21,22,24). The monoisotopic (exact) mass is 377 g/mol. The lowest BCUT2D eigenvalue weighted by Crippen LogP contribution is -2.18. The molecule has 26 heavy (non-hydrogen) atoms. The molecule has 0 bridgehead atoms. The van der Waals surface area contributed by atoms with E-state index in [0.717, 1.165) is 29.5 Å². The number of rotatable bonds is 5. The van der Waals surface area contributed by atoms with Gasteiger partial charge in [0, 0.05) is 12.3 Å². The number of furan rings is 1.